The van der Waals surface area contributed by atoms with Crippen molar-refractivity contribution in [2.75, 3.05) is 0 Å². The summed E-state index contributed by atoms with van der Waals surface area (Å²) >= 11 is 24.4. The molecule has 0 unspecified atom stereocenters. The van der Waals surface area contributed by atoms with E-state index < -0.39 is 11.7 Å². The zero-order valence-corrected chi connectivity index (χ0v) is 13.4. The normalized spacial score (nSPS) is 12.9. The molecular weight excluding hydrogens is 373 g/mol. The van der Waals surface area contributed by atoms with E-state index in [4.69, 9.17) is 46.4 Å². The molecule has 22 heavy (non-hydrogen) atoms. The molecule has 1 aliphatic rings. The van der Waals surface area contributed by atoms with E-state index in [9.17, 15) is 9.18 Å². The molecule has 8 heteroatoms. The van der Waals surface area contributed by atoms with Crippen molar-refractivity contribution < 1.29 is 9.18 Å². The van der Waals surface area contributed by atoms with Crippen molar-refractivity contribution in [3.05, 3.63) is 49.7 Å². The minimum atomic E-state index is -0.479. The van der Waals surface area contributed by atoms with Gasteiger partial charge in [0, 0.05) is 6.07 Å². The summed E-state index contributed by atoms with van der Waals surface area (Å²) < 4.78 is 14.7. The van der Waals surface area contributed by atoms with Crippen molar-refractivity contribution in [2.24, 2.45) is 0 Å². The molecule has 0 amide bonds. The van der Waals surface area contributed by atoms with E-state index in [1.807, 2.05) is 0 Å². The minimum absolute atomic E-state index is 0.00155. The number of benzene rings is 2. The summed E-state index contributed by atoms with van der Waals surface area (Å²) in [6.45, 7) is 0. The highest BCUT2D eigenvalue weighted by Crippen LogP contribution is 2.49. The average molecular weight is 376 g/mol. The fraction of sp³-hybridized carbons (Fsp3) is 0. The molecular formula is C14H3Cl4FN2O. The number of fused-ring (bicyclic) bond motifs is 5. The van der Waals surface area contributed by atoms with Crippen LogP contribution in [0.3, 0.4) is 0 Å². The van der Waals surface area contributed by atoms with Crippen molar-refractivity contribution in [1.82, 2.24) is 9.55 Å². The van der Waals surface area contributed by atoms with Gasteiger partial charge in [-0.25, -0.2) is 9.37 Å². The van der Waals surface area contributed by atoms with Crippen molar-refractivity contribution >= 4 is 63.3 Å². The second kappa shape index (κ2) is 4.59. The zero-order valence-electron chi connectivity index (χ0n) is 10.4. The third-order valence-corrected chi connectivity index (χ3v) is 5.33. The lowest BCUT2D eigenvalue weighted by atomic mass is 10.1. The third kappa shape index (κ3) is 1.64. The molecule has 1 aromatic heterocycles. The molecule has 3 aromatic rings. The van der Waals surface area contributed by atoms with Crippen LogP contribution in [0.4, 0.5) is 4.39 Å². The van der Waals surface area contributed by atoms with Crippen LogP contribution in [0.25, 0.3) is 22.4 Å². The first-order valence-corrected chi connectivity index (χ1v) is 7.52. The van der Waals surface area contributed by atoms with E-state index >= 15 is 0 Å². The van der Waals surface area contributed by atoms with E-state index in [0.29, 0.717) is 16.6 Å². The average Bonchev–Trinajstić information content (AvgIpc) is 2.98. The summed E-state index contributed by atoms with van der Waals surface area (Å²) in [5, 5.41) is 0.147. The predicted molar refractivity (Wildman–Crippen MR) is 84.9 cm³/mol. The maximum atomic E-state index is 13.5. The van der Waals surface area contributed by atoms with Crippen LogP contribution in [-0.2, 0) is 0 Å². The fourth-order valence-corrected chi connectivity index (χ4v) is 3.59. The standard InChI is InChI=1S/C14H3Cl4FN2O/c15-9-7-8(10(16)12(18)11(9)17)14(22)21-6-3-4(19)1-2-5(6)20-13(7)21/h1-3H. The summed E-state index contributed by atoms with van der Waals surface area (Å²) in [6, 6.07) is 3.97. The minimum Gasteiger partial charge on any atom is -0.268 e. The van der Waals surface area contributed by atoms with Gasteiger partial charge in [-0.05, 0) is 12.1 Å². The number of carbonyl (C=O) groups is 1. The molecule has 0 saturated heterocycles. The number of hydrogen-bond donors (Lipinski definition) is 0. The van der Waals surface area contributed by atoms with Crippen LogP contribution in [-0.4, -0.2) is 15.5 Å². The summed E-state index contributed by atoms with van der Waals surface area (Å²) in [7, 11) is 0. The van der Waals surface area contributed by atoms with Crippen LogP contribution in [0.1, 0.15) is 10.4 Å². The summed E-state index contributed by atoms with van der Waals surface area (Å²) in [5.41, 5.74) is 1.22. The number of aromatic nitrogens is 2. The van der Waals surface area contributed by atoms with E-state index in [1.54, 1.807) is 0 Å². The molecule has 0 saturated carbocycles. The van der Waals surface area contributed by atoms with Gasteiger partial charge in [0.25, 0.3) is 5.91 Å². The van der Waals surface area contributed by atoms with Gasteiger partial charge in [-0.15, -0.1) is 0 Å². The van der Waals surface area contributed by atoms with Crippen LogP contribution >= 0.6 is 46.4 Å². The molecule has 0 radical (unpaired) electrons. The van der Waals surface area contributed by atoms with Crippen molar-refractivity contribution in [2.45, 2.75) is 0 Å². The van der Waals surface area contributed by atoms with Crippen LogP contribution < -0.4 is 0 Å². The van der Waals surface area contributed by atoms with Gasteiger partial charge in [-0.2, -0.15) is 0 Å². The number of hydrogen-bond acceptors (Lipinski definition) is 2. The molecule has 3 nitrogen and oxygen atoms in total. The van der Waals surface area contributed by atoms with Crippen LogP contribution in [0.2, 0.25) is 20.1 Å². The Hall–Kier alpha value is -1.33. The number of imidazole rings is 1. The van der Waals surface area contributed by atoms with Crippen LogP contribution in [0, 0.1) is 5.82 Å². The van der Waals surface area contributed by atoms with Gasteiger partial charge in [0.05, 0.1) is 42.3 Å². The molecule has 0 fully saturated rings. The topological polar surface area (TPSA) is 34.9 Å². The van der Waals surface area contributed by atoms with Gasteiger partial charge in [0.15, 0.2) is 5.82 Å². The first kappa shape index (κ1) is 14.3. The molecule has 4 rings (SSSR count). The fourth-order valence-electron chi connectivity index (χ4n) is 2.58. The SMILES string of the molecule is O=C1c2c(Cl)c(Cl)c(Cl)c(Cl)c2-c2nc3ccc(F)cc3n21. The predicted octanol–water partition coefficient (Wildman–Crippen LogP) is 5.46. The molecule has 0 bridgehead atoms. The van der Waals surface area contributed by atoms with E-state index in [-0.39, 0.29) is 31.5 Å². The molecule has 2 aromatic carbocycles. The Morgan fingerprint density at radius 3 is 2.27 bits per heavy atom. The Bertz CT molecular complexity index is 1010. The van der Waals surface area contributed by atoms with Crippen LogP contribution in [0.15, 0.2) is 18.2 Å². The van der Waals surface area contributed by atoms with E-state index in [2.05, 4.69) is 4.98 Å². The lowest BCUT2D eigenvalue weighted by Crippen LogP contribution is -2.06. The molecule has 0 atom stereocenters. The third-order valence-electron chi connectivity index (χ3n) is 3.52. The molecule has 110 valence electrons. The Morgan fingerprint density at radius 2 is 1.59 bits per heavy atom. The highest BCUT2D eigenvalue weighted by molar-refractivity contribution is 6.54. The lowest BCUT2D eigenvalue weighted by molar-refractivity contribution is 0.0973. The van der Waals surface area contributed by atoms with Crippen molar-refractivity contribution in [1.29, 1.82) is 0 Å². The van der Waals surface area contributed by atoms with E-state index in [0.717, 1.165) is 0 Å². The second-order valence-electron chi connectivity index (χ2n) is 4.71. The largest absolute Gasteiger partial charge is 0.268 e. The summed E-state index contributed by atoms with van der Waals surface area (Å²) in [4.78, 5) is 17.0. The van der Waals surface area contributed by atoms with Gasteiger partial charge in [0.2, 0.25) is 0 Å². The Morgan fingerprint density at radius 1 is 0.955 bits per heavy atom. The lowest BCUT2D eigenvalue weighted by Gasteiger charge is -2.07. The zero-order chi connectivity index (χ0) is 15.8. The maximum Gasteiger partial charge on any atom is 0.266 e. The van der Waals surface area contributed by atoms with E-state index in [1.165, 1.54) is 22.8 Å². The highest BCUT2D eigenvalue weighted by Gasteiger charge is 2.37. The maximum absolute atomic E-state index is 13.5. The van der Waals surface area contributed by atoms with Gasteiger partial charge >= 0.3 is 0 Å². The Kier molecular flexibility index (Phi) is 2.97. The molecule has 0 N–H and O–H groups in total. The Labute approximate surface area is 143 Å². The molecule has 0 spiro atoms. The smallest absolute Gasteiger partial charge is 0.266 e. The number of halogens is 5. The summed E-state index contributed by atoms with van der Waals surface area (Å²) in [6.07, 6.45) is 0. The van der Waals surface area contributed by atoms with Gasteiger partial charge in [-0.1, -0.05) is 46.4 Å². The Balaban J connectivity index is 2.19. The summed E-state index contributed by atoms with van der Waals surface area (Å²) in [5.74, 6) is -0.679. The molecule has 0 aliphatic carbocycles. The molecule has 2 heterocycles. The number of nitrogens with zero attached hydrogens (tertiary/aromatic N) is 2. The first-order valence-electron chi connectivity index (χ1n) is 6.01. The molecule has 1 aliphatic heterocycles. The second-order valence-corrected chi connectivity index (χ2v) is 6.23. The number of rotatable bonds is 0. The quantitative estimate of drug-likeness (QED) is 0.302. The van der Waals surface area contributed by atoms with Crippen molar-refractivity contribution in [3.63, 3.8) is 0 Å². The van der Waals surface area contributed by atoms with Gasteiger partial charge in [-0.3, -0.25) is 9.36 Å². The van der Waals surface area contributed by atoms with Gasteiger partial charge < -0.3 is 0 Å². The monoisotopic (exact) mass is 374 g/mol. The van der Waals surface area contributed by atoms with Crippen molar-refractivity contribution in [3.8, 4) is 11.4 Å². The highest BCUT2D eigenvalue weighted by atomic mass is 35.5. The first-order chi connectivity index (χ1) is 10.4. The van der Waals surface area contributed by atoms with Gasteiger partial charge in [0.1, 0.15) is 5.82 Å². The van der Waals surface area contributed by atoms with Crippen LogP contribution in [0.5, 0.6) is 0 Å². The number of carbonyl (C=O) groups excluding carboxylic acids is 1.